The van der Waals surface area contributed by atoms with Gasteiger partial charge in [-0.15, -0.1) is 11.6 Å². The topological polar surface area (TPSA) is 136 Å². The molecule has 0 spiro atoms. The summed E-state index contributed by atoms with van der Waals surface area (Å²) in [6, 6.07) is 9.35. The molecular formula is C13H11Cl3N3NaO4S. The average molecular weight is 435 g/mol. The van der Waals surface area contributed by atoms with E-state index in [0.717, 1.165) is 6.07 Å². The van der Waals surface area contributed by atoms with Crippen molar-refractivity contribution in [3.8, 4) is 5.75 Å². The number of halogens is 3. The van der Waals surface area contributed by atoms with Gasteiger partial charge in [0.1, 0.15) is 4.90 Å². The molecule has 2 aromatic rings. The molecule has 0 atom stereocenters. The molecule has 6 N–H and O–H groups in total. The minimum absolute atomic E-state index is 0. The molecule has 2 rings (SSSR count). The van der Waals surface area contributed by atoms with E-state index in [4.69, 9.17) is 45.7 Å². The van der Waals surface area contributed by atoms with Gasteiger partial charge in [0, 0.05) is 0 Å². The third kappa shape index (κ3) is 7.59. The van der Waals surface area contributed by atoms with E-state index in [1.165, 1.54) is 6.07 Å². The molecule has 2 amide bonds. The molecule has 7 nitrogen and oxygen atoms in total. The van der Waals surface area contributed by atoms with E-state index in [9.17, 15) is 18.3 Å². The van der Waals surface area contributed by atoms with Crippen molar-refractivity contribution in [3.05, 3.63) is 51.5 Å². The number of urea groups is 1. The number of phenols is 1. The maximum absolute atomic E-state index is 11.1. The number of benzene rings is 2. The Bertz CT molecular complexity index is 845. The maximum atomic E-state index is 11.1. The van der Waals surface area contributed by atoms with E-state index in [0.29, 0.717) is 10.0 Å². The van der Waals surface area contributed by atoms with Crippen LogP contribution in [0.3, 0.4) is 0 Å². The van der Waals surface area contributed by atoms with Gasteiger partial charge in [-0.3, -0.25) is 0 Å². The summed E-state index contributed by atoms with van der Waals surface area (Å²) in [5, 5.41) is 17.2. The van der Waals surface area contributed by atoms with Gasteiger partial charge in [-0.2, -0.15) is 35.9 Å². The number of hydrogen-bond acceptors (Lipinski definition) is 4. The molecule has 0 bridgehead atoms. The van der Waals surface area contributed by atoms with Crippen LogP contribution in [0.5, 0.6) is 5.75 Å². The number of rotatable bonds is 2. The van der Waals surface area contributed by atoms with Crippen molar-refractivity contribution < 1.29 is 47.9 Å². The molecule has 0 heterocycles. The van der Waals surface area contributed by atoms with Crippen molar-refractivity contribution >= 4 is 56.5 Å². The monoisotopic (exact) mass is 433 g/mol. The zero-order valence-electron chi connectivity index (χ0n) is 12.8. The van der Waals surface area contributed by atoms with Crippen LogP contribution in [0, 0.1) is 6.07 Å². The predicted molar refractivity (Wildman–Crippen MR) is 93.0 cm³/mol. The number of nitrogens with one attached hydrogen (secondary N) is 1. The molecule has 2 aromatic carbocycles. The summed E-state index contributed by atoms with van der Waals surface area (Å²) in [5.74, 6) is -0.756. The second-order valence-electron chi connectivity index (χ2n) is 4.14. The smallest absolute Gasteiger partial charge is 0.504 e. The second kappa shape index (κ2) is 10.4. The molecule has 0 saturated heterocycles. The van der Waals surface area contributed by atoms with Crippen LogP contribution >= 0.6 is 34.8 Å². The van der Waals surface area contributed by atoms with E-state index in [-0.39, 0.29) is 40.3 Å². The van der Waals surface area contributed by atoms with Gasteiger partial charge >= 0.3 is 35.6 Å². The number of hydrogen-bond donors (Lipinski definition) is 4. The first kappa shape index (κ1) is 24.3. The van der Waals surface area contributed by atoms with Gasteiger partial charge in [-0.25, -0.2) is 18.4 Å². The normalized spacial score (nSPS) is 10.1. The Labute approximate surface area is 181 Å². The van der Waals surface area contributed by atoms with Gasteiger partial charge < -0.3 is 16.2 Å². The van der Waals surface area contributed by atoms with Crippen molar-refractivity contribution in [1.29, 1.82) is 0 Å². The summed E-state index contributed by atoms with van der Waals surface area (Å²) < 4.78 is 22.2. The van der Waals surface area contributed by atoms with E-state index in [1.54, 1.807) is 18.2 Å². The van der Waals surface area contributed by atoms with Crippen LogP contribution in [-0.4, -0.2) is 19.6 Å². The first-order valence-electron chi connectivity index (χ1n) is 5.96. The average Bonchev–Trinajstić information content (AvgIpc) is 2.44. The fourth-order valence-electron chi connectivity index (χ4n) is 1.45. The van der Waals surface area contributed by atoms with Gasteiger partial charge in [0.15, 0.2) is 5.75 Å². The van der Waals surface area contributed by atoms with Crippen LogP contribution in [0.15, 0.2) is 35.2 Å². The van der Waals surface area contributed by atoms with Gasteiger partial charge in [0.05, 0.1) is 10.7 Å². The minimum Gasteiger partial charge on any atom is -0.504 e. The Morgan fingerprint density at radius 1 is 1.16 bits per heavy atom. The fraction of sp³-hybridized carbons (Fsp3) is 0. The summed E-state index contributed by atoms with van der Waals surface area (Å²) in [5.41, 5.74) is 4.62. The van der Waals surface area contributed by atoms with Gasteiger partial charge in [0.25, 0.3) is 0 Å². The number of nitrogens with two attached hydrogens (primary N) is 2. The molecule has 0 saturated carbocycles. The number of amides is 2. The number of carbonyl (C=O) groups excluding carboxylic acids is 1. The van der Waals surface area contributed by atoms with Crippen molar-refractivity contribution in [2.45, 2.75) is 4.90 Å². The number of carbonyl (C=O) groups is 1. The van der Waals surface area contributed by atoms with Gasteiger partial charge in [-0.05, 0) is 12.1 Å². The largest absolute Gasteiger partial charge is 1.00 e. The first-order chi connectivity index (χ1) is 11.0. The minimum atomic E-state index is -4.20. The Balaban J connectivity index is 0.000000540. The summed E-state index contributed by atoms with van der Waals surface area (Å²) in [6.45, 7) is 0. The van der Waals surface area contributed by atoms with Crippen molar-refractivity contribution in [3.63, 3.8) is 0 Å². The van der Waals surface area contributed by atoms with E-state index >= 15 is 0 Å². The standard InChI is InChI=1S/C7H8ClN3O4S.C6H3Cl2.Na/c8-3-1-2-4(11-7(9)13)5(12)6(3)16(10,14)15;7-5-3-1-2-4-6(5)8;/h1-2,12H,(H3,9,11,13)(H2,10,14,15);1-3H;/q;-1;+1. The molecule has 0 fully saturated rings. The summed E-state index contributed by atoms with van der Waals surface area (Å²) in [6.07, 6.45) is 0. The predicted octanol–water partition coefficient (Wildman–Crippen LogP) is -0.0188. The summed E-state index contributed by atoms with van der Waals surface area (Å²) in [7, 11) is -4.20. The molecule has 0 unspecified atom stereocenters. The number of anilines is 1. The molecule has 0 aliphatic carbocycles. The zero-order chi connectivity index (χ0) is 18.5. The third-order valence-electron chi connectivity index (χ3n) is 2.38. The summed E-state index contributed by atoms with van der Waals surface area (Å²) in [4.78, 5) is 9.89. The first-order valence-corrected chi connectivity index (χ1v) is 8.64. The van der Waals surface area contributed by atoms with E-state index in [1.807, 2.05) is 5.32 Å². The number of aromatic hydroxyl groups is 1. The van der Waals surface area contributed by atoms with Crippen LogP contribution in [0.25, 0.3) is 0 Å². The van der Waals surface area contributed by atoms with Crippen LogP contribution < -0.4 is 45.7 Å². The molecule has 0 radical (unpaired) electrons. The number of primary amides is 1. The number of sulfonamides is 1. The molecule has 0 aliphatic rings. The molecule has 130 valence electrons. The zero-order valence-corrected chi connectivity index (χ0v) is 17.8. The van der Waals surface area contributed by atoms with E-state index in [2.05, 4.69) is 6.07 Å². The maximum Gasteiger partial charge on any atom is 1.00 e. The fourth-order valence-corrected chi connectivity index (χ4v) is 2.89. The van der Waals surface area contributed by atoms with Crippen molar-refractivity contribution in [2.24, 2.45) is 10.9 Å². The van der Waals surface area contributed by atoms with Crippen LogP contribution in [0.2, 0.25) is 15.1 Å². The van der Waals surface area contributed by atoms with E-state index < -0.39 is 26.7 Å². The van der Waals surface area contributed by atoms with Crippen LogP contribution in [0.1, 0.15) is 0 Å². The Morgan fingerprint density at radius 2 is 1.76 bits per heavy atom. The van der Waals surface area contributed by atoms with Crippen LogP contribution in [-0.2, 0) is 10.0 Å². The second-order valence-corrected chi connectivity index (χ2v) is 6.83. The molecule has 25 heavy (non-hydrogen) atoms. The van der Waals surface area contributed by atoms with Gasteiger partial charge in [-0.1, -0.05) is 21.6 Å². The molecular weight excluding hydrogens is 424 g/mol. The van der Waals surface area contributed by atoms with Crippen molar-refractivity contribution in [2.75, 3.05) is 5.32 Å². The Hall–Kier alpha value is -0.710. The molecule has 12 heteroatoms. The summed E-state index contributed by atoms with van der Waals surface area (Å²) >= 11 is 16.6. The SMILES string of the molecule is Clc1[c-]cccc1Cl.NC(=O)Nc1ccc(Cl)c(S(N)(=O)=O)c1O.[Na+]. The third-order valence-corrected chi connectivity index (χ3v) is 4.52. The number of phenolic OH excluding ortho intramolecular Hbond substituents is 1. The van der Waals surface area contributed by atoms with Crippen LogP contribution in [0.4, 0.5) is 10.5 Å². The number of primary sulfonamides is 1. The van der Waals surface area contributed by atoms with Gasteiger partial charge in [0.2, 0.25) is 10.0 Å². The molecule has 0 aromatic heterocycles. The van der Waals surface area contributed by atoms with Crippen molar-refractivity contribution in [1.82, 2.24) is 0 Å². The molecule has 0 aliphatic heterocycles. The Morgan fingerprint density at radius 3 is 2.16 bits per heavy atom. The quantitative estimate of drug-likeness (QED) is 0.300. The Kier molecular flexibility index (Phi) is 10.1.